The zero-order valence-corrected chi connectivity index (χ0v) is 18.8. The summed E-state index contributed by atoms with van der Waals surface area (Å²) in [6, 6.07) is 19.3. The van der Waals surface area contributed by atoms with Crippen molar-refractivity contribution < 1.29 is 13.9 Å². The number of rotatable bonds is 9. The van der Waals surface area contributed by atoms with Gasteiger partial charge in [0.15, 0.2) is 11.0 Å². The van der Waals surface area contributed by atoms with Crippen LogP contribution in [0.1, 0.15) is 18.2 Å². The van der Waals surface area contributed by atoms with Gasteiger partial charge in [-0.1, -0.05) is 43.0 Å². The summed E-state index contributed by atoms with van der Waals surface area (Å²) in [5.74, 6) is 2.30. The van der Waals surface area contributed by atoms with E-state index in [2.05, 4.69) is 22.4 Å². The van der Waals surface area contributed by atoms with Crippen molar-refractivity contribution >= 4 is 23.4 Å². The Morgan fingerprint density at radius 1 is 1.12 bits per heavy atom. The molecule has 7 nitrogen and oxygen atoms in total. The molecule has 4 rings (SSSR count). The Balaban J connectivity index is 1.52. The maximum atomic E-state index is 12.5. The largest absolute Gasteiger partial charge is 0.497 e. The number of aryl methyl sites for hydroxylation is 1. The van der Waals surface area contributed by atoms with Crippen molar-refractivity contribution in [3.05, 3.63) is 78.3 Å². The second kappa shape index (κ2) is 10.2. The first-order chi connectivity index (χ1) is 15.7. The molecule has 0 radical (unpaired) electrons. The molecule has 4 aromatic rings. The van der Waals surface area contributed by atoms with E-state index < -0.39 is 0 Å². The fraction of sp³-hybridized carbons (Fsp3) is 0.208. The number of thioether (sulfide) groups is 1. The van der Waals surface area contributed by atoms with Gasteiger partial charge in [-0.2, -0.15) is 0 Å². The molecule has 164 valence electrons. The van der Waals surface area contributed by atoms with E-state index in [1.54, 1.807) is 13.4 Å². The highest BCUT2D eigenvalue weighted by Gasteiger charge is 2.17. The normalized spacial score (nSPS) is 10.8. The number of amides is 1. The van der Waals surface area contributed by atoms with Crippen LogP contribution in [-0.2, 0) is 17.8 Å². The number of hydrogen-bond acceptors (Lipinski definition) is 6. The van der Waals surface area contributed by atoms with Gasteiger partial charge < -0.3 is 14.5 Å². The van der Waals surface area contributed by atoms with Crippen molar-refractivity contribution in [3.8, 4) is 17.1 Å². The van der Waals surface area contributed by atoms with Gasteiger partial charge >= 0.3 is 0 Å². The highest BCUT2D eigenvalue weighted by Crippen LogP contribution is 2.27. The van der Waals surface area contributed by atoms with E-state index in [0.717, 1.165) is 29.2 Å². The lowest BCUT2D eigenvalue weighted by Crippen LogP contribution is -2.14. The Hall–Kier alpha value is -3.52. The van der Waals surface area contributed by atoms with E-state index in [-0.39, 0.29) is 11.7 Å². The van der Waals surface area contributed by atoms with Gasteiger partial charge in [0, 0.05) is 11.3 Å². The highest BCUT2D eigenvalue weighted by atomic mass is 32.2. The Labute approximate surface area is 190 Å². The van der Waals surface area contributed by atoms with Gasteiger partial charge in [0.05, 0.1) is 25.7 Å². The molecule has 0 aliphatic heterocycles. The van der Waals surface area contributed by atoms with Crippen molar-refractivity contribution in [2.75, 3.05) is 18.2 Å². The van der Waals surface area contributed by atoms with Crippen molar-refractivity contribution in [2.45, 2.75) is 25.0 Å². The van der Waals surface area contributed by atoms with Gasteiger partial charge in [-0.05, 0) is 48.4 Å². The molecule has 1 amide bonds. The van der Waals surface area contributed by atoms with Crippen molar-refractivity contribution in [1.82, 2.24) is 14.8 Å². The summed E-state index contributed by atoms with van der Waals surface area (Å²) in [5, 5.41) is 12.3. The SMILES string of the molecule is CCc1ccc(NC(=O)CSc2nnc(-c3cccc(OC)c3)n2Cc2ccco2)cc1. The van der Waals surface area contributed by atoms with Crippen molar-refractivity contribution in [1.29, 1.82) is 0 Å². The van der Waals surface area contributed by atoms with Crippen LogP contribution in [0.2, 0.25) is 0 Å². The third-order valence-electron chi connectivity index (χ3n) is 4.92. The molecule has 2 aromatic heterocycles. The number of methoxy groups -OCH3 is 1. The van der Waals surface area contributed by atoms with E-state index in [4.69, 9.17) is 9.15 Å². The van der Waals surface area contributed by atoms with Gasteiger partial charge in [-0.3, -0.25) is 9.36 Å². The summed E-state index contributed by atoms with van der Waals surface area (Å²) < 4.78 is 12.8. The monoisotopic (exact) mass is 448 g/mol. The number of hydrogen-bond donors (Lipinski definition) is 1. The summed E-state index contributed by atoms with van der Waals surface area (Å²) in [7, 11) is 1.63. The molecule has 0 saturated carbocycles. The molecule has 0 aliphatic rings. The number of ether oxygens (including phenoxy) is 1. The van der Waals surface area contributed by atoms with Crippen LogP contribution in [0.4, 0.5) is 5.69 Å². The molecule has 0 fully saturated rings. The Morgan fingerprint density at radius 2 is 1.97 bits per heavy atom. The average molecular weight is 449 g/mol. The minimum Gasteiger partial charge on any atom is -0.497 e. The van der Waals surface area contributed by atoms with Crippen molar-refractivity contribution in [3.63, 3.8) is 0 Å². The van der Waals surface area contributed by atoms with Gasteiger partial charge in [-0.15, -0.1) is 10.2 Å². The number of nitrogens with zero attached hydrogens (tertiary/aromatic N) is 3. The first-order valence-electron chi connectivity index (χ1n) is 10.3. The van der Waals surface area contributed by atoms with E-state index in [1.165, 1.54) is 17.3 Å². The van der Waals surface area contributed by atoms with E-state index >= 15 is 0 Å². The summed E-state index contributed by atoms with van der Waals surface area (Å²) >= 11 is 1.33. The fourth-order valence-electron chi connectivity index (χ4n) is 3.22. The number of nitrogens with one attached hydrogen (secondary N) is 1. The molecule has 2 aromatic carbocycles. The average Bonchev–Trinajstić information content (AvgIpc) is 3.48. The molecule has 2 heterocycles. The predicted octanol–water partition coefficient (Wildman–Crippen LogP) is 4.89. The zero-order chi connectivity index (χ0) is 22.3. The Kier molecular flexibility index (Phi) is 6.91. The third-order valence-corrected chi connectivity index (χ3v) is 5.88. The lowest BCUT2D eigenvalue weighted by Gasteiger charge is -2.10. The molecule has 0 bridgehead atoms. The van der Waals surface area contributed by atoms with E-state index in [9.17, 15) is 4.79 Å². The molecule has 0 aliphatic carbocycles. The minimum absolute atomic E-state index is 0.102. The molecule has 0 saturated heterocycles. The number of carbonyl (C=O) groups is 1. The lowest BCUT2D eigenvalue weighted by molar-refractivity contribution is -0.113. The minimum atomic E-state index is -0.102. The molecular weight excluding hydrogens is 424 g/mol. The summed E-state index contributed by atoms with van der Waals surface area (Å²) in [5.41, 5.74) is 2.88. The smallest absolute Gasteiger partial charge is 0.234 e. The number of benzene rings is 2. The summed E-state index contributed by atoms with van der Waals surface area (Å²) in [6.07, 6.45) is 2.60. The third kappa shape index (κ3) is 5.20. The van der Waals surface area contributed by atoms with Gasteiger partial charge in [0.25, 0.3) is 0 Å². The van der Waals surface area contributed by atoms with Crippen LogP contribution >= 0.6 is 11.8 Å². The van der Waals surface area contributed by atoms with Gasteiger partial charge in [0.1, 0.15) is 11.5 Å². The highest BCUT2D eigenvalue weighted by molar-refractivity contribution is 7.99. The van der Waals surface area contributed by atoms with Crippen LogP contribution in [0.25, 0.3) is 11.4 Å². The summed E-state index contributed by atoms with van der Waals surface area (Å²) in [6.45, 7) is 2.55. The maximum Gasteiger partial charge on any atom is 0.234 e. The quantitative estimate of drug-likeness (QED) is 0.367. The van der Waals surface area contributed by atoms with Crippen LogP contribution in [0, 0.1) is 0 Å². The van der Waals surface area contributed by atoms with Crippen LogP contribution in [-0.4, -0.2) is 33.5 Å². The number of anilines is 1. The molecule has 1 N–H and O–H groups in total. The van der Waals surface area contributed by atoms with Crippen LogP contribution in [0.15, 0.2) is 76.5 Å². The second-order valence-electron chi connectivity index (χ2n) is 7.09. The Morgan fingerprint density at radius 3 is 2.69 bits per heavy atom. The van der Waals surface area contributed by atoms with E-state index in [0.29, 0.717) is 17.5 Å². The predicted molar refractivity (Wildman–Crippen MR) is 125 cm³/mol. The topological polar surface area (TPSA) is 82.2 Å². The maximum absolute atomic E-state index is 12.5. The number of aromatic nitrogens is 3. The van der Waals surface area contributed by atoms with Crippen LogP contribution < -0.4 is 10.1 Å². The molecule has 0 spiro atoms. The van der Waals surface area contributed by atoms with Crippen LogP contribution in [0.3, 0.4) is 0 Å². The van der Waals surface area contributed by atoms with Crippen LogP contribution in [0.5, 0.6) is 5.75 Å². The number of furan rings is 1. The second-order valence-corrected chi connectivity index (χ2v) is 8.03. The zero-order valence-electron chi connectivity index (χ0n) is 17.9. The first-order valence-corrected chi connectivity index (χ1v) is 11.3. The molecule has 32 heavy (non-hydrogen) atoms. The van der Waals surface area contributed by atoms with Gasteiger partial charge in [-0.25, -0.2) is 0 Å². The van der Waals surface area contributed by atoms with Gasteiger partial charge in [0.2, 0.25) is 5.91 Å². The van der Waals surface area contributed by atoms with Crippen molar-refractivity contribution in [2.24, 2.45) is 0 Å². The number of carbonyl (C=O) groups excluding carboxylic acids is 1. The molecular formula is C24H24N4O3S. The molecule has 0 unspecified atom stereocenters. The Bertz CT molecular complexity index is 1170. The first kappa shape index (κ1) is 21.7. The lowest BCUT2D eigenvalue weighted by atomic mass is 10.1. The summed E-state index contributed by atoms with van der Waals surface area (Å²) in [4.78, 5) is 12.5. The van der Waals surface area contributed by atoms with E-state index in [1.807, 2.05) is 65.2 Å². The fourth-order valence-corrected chi connectivity index (χ4v) is 3.96. The molecule has 0 atom stereocenters. The molecule has 8 heteroatoms. The standard InChI is InChI=1S/C24H24N4O3S/c1-3-17-9-11-19(12-10-17)25-22(29)16-32-24-27-26-23(18-6-4-7-20(14-18)30-2)28(24)15-21-8-5-13-31-21/h4-14H,3,15-16H2,1-2H3,(H,25,29).